The molecule has 0 spiro atoms. The standard InChI is InChI=1S/C27H35N7O2/c1-32-25(16-33-7-3-2-4-8-33)23(14-30-32)21-11-20-12-26(29-15-24(20)28-13-21)31-27(35)19-5-9-34(10-6-19)22-17-36-18-22/h11-15,19,22H,2-10,16-18H2,1H3,(H,29,31,35). The molecule has 6 rings (SSSR count). The summed E-state index contributed by atoms with van der Waals surface area (Å²) in [4.78, 5) is 27.1. The minimum atomic E-state index is 0.0249. The quantitative estimate of drug-likeness (QED) is 0.569. The number of hydrogen-bond acceptors (Lipinski definition) is 7. The number of ether oxygens (including phenoxy) is 1. The maximum Gasteiger partial charge on any atom is 0.228 e. The molecule has 3 fully saturated rings. The second kappa shape index (κ2) is 10.2. The zero-order valence-electron chi connectivity index (χ0n) is 21.0. The number of anilines is 1. The van der Waals surface area contributed by atoms with Crippen LogP contribution in [0.2, 0.25) is 0 Å². The molecule has 0 saturated carbocycles. The lowest BCUT2D eigenvalue weighted by atomic mass is 9.94. The van der Waals surface area contributed by atoms with Crippen LogP contribution in [0.25, 0.3) is 22.0 Å². The number of piperidine rings is 2. The maximum absolute atomic E-state index is 13.0. The highest BCUT2D eigenvalue weighted by atomic mass is 16.5. The zero-order chi connectivity index (χ0) is 24.5. The normalized spacial score (nSPS) is 20.5. The van der Waals surface area contributed by atoms with E-state index in [4.69, 9.17) is 4.74 Å². The van der Waals surface area contributed by atoms with Crippen molar-refractivity contribution < 1.29 is 9.53 Å². The molecule has 9 heteroatoms. The SMILES string of the molecule is Cn1ncc(-c2cnc3cnc(NC(=O)C4CCN(C5COC5)CC4)cc3c2)c1CN1CCCCC1. The summed E-state index contributed by atoms with van der Waals surface area (Å²) >= 11 is 0. The van der Waals surface area contributed by atoms with Crippen LogP contribution in [0.4, 0.5) is 5.82 Å². The number of carbonyl (C=O) groups is 1. The molecule has 3 aliphatic heterocycles. The molecule has 3 aromatic rings. The monoisotopic (exact) mass is 489 g/mol. The molecule has 6 heterocycles. The maximum atomic E-state index is 13.0. The third kappa shape index (κ3) is 4.87. The van der Waals surface area contributed by atoms with E-state index in [0.717, 1.165) is 80.8 Å². The fraction of sp³-hybridized carbons (Fsp3) is 0.556. The smallest absolute Gasteiger partial charge is 0.228 e. The first kappa shape index (κ1) is 23.5. The summed E-state index contributed by atoms with van der Waals surface area (Å²) < 4.78 is 7.30. The molecule has 36 heavy (non-hydrogen) atoms. The van der Waals surface area contributed by atoms with Gasteiger partial charge in [0, 0.05) is 42.2 Å². The molecule has 0 radical (unpaired) electrons. The van der Waals surface area contributed by atoms with Gasteiger partial charge in [-0.1, -0.05) is 6.42 Å². The van der Waals surface area contributed by atoms with E-state index >= 15 is 0 Å². The van der Waals surface area contributed by atoms with Crippen molar-refractivity contribution in [3.63, 3.8) is 0 Å². The van der Waals surface area contributed by atoms with Gasteiger partial charge in [0.05, 0.1) is 42.9 Å². The third-order valence-electron chi connectivity index (χ3n) is 8.05. The van der Waals surface area contributed by atoms with E-state index in [1.165, 1.54) is 25.0 Å². The third-order valence-corrected chi connectivity index (χ3v) is 8.05. The number of pyridine rings is 2. The van der Waals surface area contributed by atoms with Crippen molar-refractivity contribution in [2.24, 2.45) is 13.0 Å². The van der Waals surface area contributed by atoms with E-state index < -0.39 is 0 Å². The number of aryl methyl sites for hydroxylation is 1. The Hall–Kier alpha value is -2.88. The van der Waals surface area contributed by atoms with Crippen molar-refractivity contribution in [1.82, 2.24) is 29.5 Å². The minimum absolute atomic E-state index is 0.0249. The number of nitrogens with one attached hydrogen (secondary N) is 1. The van der Waals surface area contributed by atoms with E-state index in [-0.39, 0.29) is 11.8 Å². The molecule has 3 aromatic heterocycles. The van der Waals surface area contributed by atoms with Gasteiger partial charge < -0.3 is 10.1 Å². The summed E-state index contributed by atoms with van der Waals surface area (Å²) in [6, 6.07) is 4.61. The number of fused-ring (bicyclic) bond motifs is 1. The van der Waals surface area contributed by atoms with E-state index in [0.29, 0.717) is 11.9 Å². The van der Waals surface area contributed by atoms with Crippen molar-refractivity contribution in [3.8, 4) is 11.1 Å². The van der Waals surface area contributed by atoms with Gasteiger partial charge in [0.15, 0.2) is 0 Å². The fourth-order valence-corrected chi connectivity index (χ4v) is 5.66. The van der Waals surface area contributed by atoms with Gasteiger partial charge in [0.1, 0.15) is 5.82 Å². The lowest BCUT2D eigenvalue weighted by Gasteiger charge is -2.41. The summed E-state index contributed by atoms with van der Waals surface area (Å²) in [5.41, 5.74) is 4.18. The van der Waals surface area contributed by atoms with E-state index in [9.17, 15) is 4.79 Å². The van der Waals surface area contributed by atoms with Crippen molar-refractivity contribution in [3.05, 3.63) is 36.4 Å². The Balaban J connectivity index is 1.16. The van der Waals surface area contributed by atoms with Crippen LogP contribution in [-0.2, 0) is 23.1 Å². The van der Waals surface area contributed by atoms with Gasteiger partial charge in [-0.25, -0.2) is 4.98 Å². The average Bonchev–Trinajstić information content (AvgIpc) is 3.23. The van der Waals surface area contributed by atoms with Gasteiger partial charge in [-0.15, -0.1) is 0 Å². The second-order valence-corrected chi connectivity index (χ2v) is 10.4. The van der Waals surface area contributed by atoms with Crippen LogP contribution in [-0.4, -0.2) is 80.9 Å². The second-order valence-electron chi connectivity index (χ2n) is 10.4. The largest absolute Gasteiger partial charge is 0.378 e. The number of rotatable bonds is 6. The Morgan fingerprint density at radius 1 is 1.03 bits per heavy atom. The number of nitrogens with zero attached hydrogens (tertiary/aromatic N) is 6. The van der Waals surface area contributed by atoms with Crippen LogP contribution in [0.15, 0.2) is 30.7 Å². The average molecular weight is 490 g/mol. The Kier molecular flexibility index (Phi) is 6.69. The number of aromatic nitrogens is 4. The summed E-state index contributed by atoms with van der Waals surface area (Å²) in [5, 5.41) is 8.58. The number of amides is 1. The van der Waals surface area contributed by atoms with Crippen molar-refractivity contribution in [1.29, 1.82) is 0 Å². The summed E-state index contributed by atoms with van der Waals surface area (Å²) in [5.74, 6) is 0.671. The number of carbonyl (C=O) groups excluding carboxylic acids is 1. The molecule has 0 unspecified atom stereocenters. The van der Waals surface area contributed by atoms with Gasteiger partial charge in [0.25, 0.3) is 0 Å². The van der Waals surface area contributed by atoms with Crippen LogP contribution in [0.1, 0.15) is 37.8 Å². The van der Waals surface area contributed by atoms with Crippen LogP contribution < -0.4 is 5.32 Å². The van der Waals surface area contributed by atoms with E-state index in [1.54, 1.807) is 6.20 Å². The molecule has 0 aromatic carbocycles. The van der Waals surface area contributed by atoms with Crippen LogP contribution in [0.3, 0.4) is 0 Å². The van der Waals surface area contributed by atoms with Crippen molar-refractivity contribution in [2.45, 2.75) is 44.7 Å². The Morgan fingerprint density at radius 3 is 2.58 bits per heavy atom. The molecule has 0 bridgehead atoms. The fourth-order valence-electron chi connectivity index (χ4n) is 5.66. The molecule has 190 valence electrons. The van der Waals surface area contributed by atoms with E-state index in [2.05, 4.69) is 36.2 Å². The van der Waals surface area contributed by atoms with Crippen LogP contribution in [0.5, 0.6) is 0 Å². The van der Waals surface area contributed by atoms with Crippen molar-refractivity contribution >= 4 is 22.6 Å². The molecular weight excluding hydrogens is 454 g/mol. The molecule has 0 atom stereocenters. The molecule has 1 N–H and O–H groups in total. The van der Waals surface area contributed by atoms with Gasteiger partial charge in [-0.2, -0.15) is 5.10 Å². The first-order valence-electron chi connectivity index (χ1n) is 13.3. The molecular formula is C27H35N7O2. The topological polar surface area (TPSA) is 88.4 Å². The van der Waals surface area contributed by atoms with Gasteiger partial charge in [0.2, 0.25) is 5.91 Å². The first-order valence-corrected chi connectivity index (χ1v) is 13.3. The first-order chi connectivity index (χ1) is 17.6. The number of hydrogen-bond donors (Lipinski definition) is 1. The Morgan fingerprint density at radius 2 is 1.83 bits per heavy atom. The molecule has 3 aliphatic rings. The highest BCUT2D eigenvalue weighted by Crippen LogP contribution is 2.28. The molecule has 9 nitrogen and oxygen atoms in total. The Labute approximate surface area is 211 Å². The van der Waals surface area contributed by atoms with Crippen LogP contribution in [0, 0.1) is 5.92 Å². The van der Waals surface area contributed by atoms with Gasteiger partial charge in [-0.3, -0.25) is 24.3 Å². The van der Waals surface area contributed by atoms with Crippen molar-refractivity contribution in [2.75, 3.05) is 44.7 Å². The van der Waals surface area contributed by atoms with Gasteiger partial charge >= 0.3 is 0 Å². The lowest BCUT2D eigenvalue weighted by molar-refractivity contribution is -0.123. The summed E-state index contributed by atoms with van der Waals surface area (Å²) in [7, 11) is 2.01. The lowest BCUT2D eigenvalue weighted by Crippen LogP contribution is -2.52. The summed E-state index contributed by atoms with van der Waals surface area (Å²) in [6.45, 7) is 6.74. The molecule has 0 aliphatic carbocycles. The van der Waals surface area contributed by atoms with Gasteiger partial charge in [-0.05, 0) is 64.0 Å². The predicted octanol–water partition coefficient (Wildman–Crippen LogP) is 3.07. The highest BCUT2D eigenvalue weighted by molar-refractivity contribution is 5.94. The molecule has 3 saturated heterocycles. The molecule has 1 amide bonds. The highest BCUT2D eigenvalue weighted by Gasteiger charge is 2.32. The predicted molar refractivity (Wildman–Crippen MR) is 138 cm³/mol. The van der Waals surface area contributed by atoms with E-state index in [1.807, 2.05) is 30.2 Å². The van der Waals surface area contributed by atoms with Crippen LogP contribution >= 0.6 is 0 Å². The number of likely N-dealkylation sites (tertiary alicyclic amines) is 2. The summed E-state index contributed by atoms with van der Waals surface area (Å²) in [6.07, 6.45) is 11.2. The minimum Gasteiger partial charge on any atom is -0.378 e. The Bertz CT molecular complexity index is 1220. The zero-order valence-corrected chi connectivity index (χ0v) is 21.0.